The van der Waals surface area contributed by atoms with Gasteiger partial charge in [-0.1, -0.05) is 0 Å². The highest BCUT2D eigenvalue weighted by atomic mass is 16.3. The Balaban J connectivity index is 2.52. The van der Waals surface area contributed by atoms with E-state index in [-0.39, 0.29) is 6.10 Å². The van der Waals surface area contributed by atoms with Gasteiger partial charge < -0.3 is 10.4 Å². The molecule has 0 unspecified atom stereocenters. The van der Waals surface area contributed by atoms with E-state index in [4.69, 9.17) is 5.11 Å². The predicted octanol–water partition coefficient (Wildman–Crippen LogP) is 0.578. The number of hydrogen-bond donors (Lipinski definition) is 2. The van der Waals surface area contributed by atoms with Crippen molar-refractivity contribution in [2.24, 2.45) is 0 Å². The Morgan fingerprint density at radius 3 is 3.00 bits per heavy atom. The van der Waals surface area contributed by atoms with Crippen molar-refractivity contribution in [3.05, 3.63) is 18.0 Å². The summed E-state index contributed by atoms with van der Waals surface area (Å²) in [4.78, 5) is 8.09. The molecule has 1 rings (SSSR count). The molecule has 12 heavy (non-hydrogen) atoms. The van der Waals surface area contributed by atoms with Crippen molar-refractivity contribution in [2.75, 3.05) is 11.9 Å². The minimum atomic E-state index is -0.380. The Kier molecular flexibility index (Phi) is 2.99. The van der Waals surface area contributed by atoms with Gasteiger partial charge in [-0.3, -0.25) is 0 Å². The normalized spacial score (nSPS) is 12.6. The predicted molar refractivity (Wildman–Crippen MR) is 46.9 cm³/mol. The summed E-state index contributed by atoms with van der Waals surface area (Å²) in [7, 11) is 0. The fourth-order valence-corrected chi connectivity index (χ4v) is 0.773. The molecule has 0 fully saturated rings. The first kappa shape index (κ1) is 8.93. The first-order valence-corrected chi connectivity index (χ1v) is 3.90. The zero-order valence-corrected chi connectivity index (χ0v) is 7.28. The molecule has 0 saturated heterocycles. The Morgan fingerprint density at radius 1 is 1.67 bits per heavy atom. The van der Waals surface area contributed by atoms with E-state index in [1.807, 2.05) is 13.0 Å². The van der Waals surface area contributed by atoms with Crippen LogP contribution in [0.1, 0.15) is 12.6 Å². The summed E-state index contributed by atoms with van der Waals surface area (Å²) < 4.78 is 0. The van der Waals surface area contributed by atoms with Crippen LogP contribution in [0.5, 0.6) is 0 Å². The molecule has 4 heteroatoms. The zero-order chi connectivity index (χ0) is 8.97. The standard InChI is InChI=1S/C8H13N3O/c1-6-3-4-9-8(11-6)10-5-7(2)12/h3-4,7,12H,5H2,1-2H3,(H,9,10,11)/t7-/m0/s1. The number of aryl methyl sites for hydroxylation is 1. The molecule has 1 atom stereocenters. The zero-order valence-electron chi connectivity index (χ0n) is 7.28. The van der Waals surface area contributed by atoms with Gasteiger partial charge in [0.25, 0.3) is 0 Å². The van der Waals surface area contributed by atoms with Crippen LogP contribution < -0.4 is 5.32 Å². The Bertz CT molecular complexity index is 250. The SMILES string of the molecule is Cc1ccnc(NC[C@H](C)O)n1. The molecule has 0 aliphatic rings. The number of aromatic nitrogens is 2. The maximum Gasteiger partial charge on any atom is 0.222 e. The molecule has 0 bridgehead atoms. The van der Waals surface area contributed by atoms with Crippen molar-refractivity contribution in [1.82, 2.24) is 9.97 Å². The molecule has 2 N–H and O–H groups in total. The van der Waals surface area contributed by atoms with Crippen molar-refractivity contribution in [3.63, 3.8) is 0 Å². The van der Waals surface area contributed by atoms with E-state index in [1.54, 1.807) is 13.1 Å². The summed E-state index contributed by atoms with van der Waals surface area (Å²) in [6, 6.07) is 1.83. The summed E-state index contributed by atoms with van der Waals surface area (Å²) in [5, 5.41) is 11.9. The average Bonchev–Trinajstić information content (AvgIpc) is 2.01. The minimum absolute atomic E-state index is 0.380. The van der Waals surface area contributed by atoms with Crippen LogP contribution in [0.2, 0.25) is 0 Å². The van der Waals surface area contributed by atoms with Crippen LogP contribution in [-0.2, 0) is 0 Å². The van der Waals surface area contributed by atoms with E-state index in [2.05, 4.69) is 15.3 Å². The second-order valence-corrected chi connectivity index (χ2v) is 2.75. The van der Waals surface area contributed by atoms with E-state index in [1.165, 1.54) is 0 Å². The second-order valence-electron chi connectivity index (χ2n) is 2.75. The molecule has 1 aromatic heterocycles. The van der Waals surface area contributed by atoms with Crippen molar-refractivity contribution in [3.8, 4) is 0 Å². The van der Waals surface area contributed by atoms with Crippen LogP contribution in [0, 0.1) is 6.92 Å². The summed E-state index contributed by atoms with van der Waals surface area (Å²) >= 11 is 0. The minimum Gasteiger partial charge on any atom is -0.392 e. The van der Waals surface area contributed by atoms with Gasteiger partial charge in [0.15, 0.2) is 0 Å². The largest absolute Gasteiger partial charge is 0.392 e. The van der Waals surface area contributed by atoms with Crippen molar-refractivity contribution in [1.29, 1.82) is 0 Å². The van der Waals surface area contributed by atoms with Crippen LogP contribution in [-0.4, -0.2) is 27.7 Å². The summed E-state index contributed by atoms with van der Waals surface area (Å²) in [5.74, 6) is 0.566. The number of rotatable bonds is 3. The highest BCUT2D eigenvalue weighted by Crippen LogP contribution is 1.98. The molecule has 0 aliphatic carbocycles. The lowest BCUT2D eigenvalue weighted by molar-refractivity contribution is 0.208. The van der Waals surface area contributed by atoms with Gasteiger partial charge in [0, 0.05) is 18.4 Å². The molecule has 4 nitrogen and oxygen atoms in total. The van der Waals surface area contributed by atoms with E-state index in [9.17, 15) is 0 Å². The fraction of sp³-hybridized carbons (Fsp3) is 0.500. The average molecular weight is 167 g/mol. The quantitative estimate of drug-likeness (QED) is 0.691. The lowest BCUT2D eigenvalue weighted by atomic mass is 10.4. The van der Waals surface area contributed by atoms with E-state index in [0.717, 1.165) is 5.69 Å². The molecule has 0 saturated carbocycles. The number of nitrogens with one attached hydrogen (secondary N) is 1. The van der Waals surface area contributed by atoms with Crippen LogP contribution in [0.3, 0.4) is 0 Å². The summed E-state index contributed by atoms with van der Waals surface area (Å²) in [5.41, 5.74) is 0.915. The smallest absolute Gasteiger partial charge is 0.222 e. The third-order valence-electron chi connectivity index (χ3n) is 1.35. The molecule has 0 aromatic carbocycles. The van der Waals surface area contributed by atoms with Crippen molar-refractivity contribution in [2.45, 2.75) is 20.0 Å². The molecule has 0 aliphatic heterocycles. The number of hydrogen-bond acceptors (Lipinski definition) is 4. The Hall–Kier alpha value is -1.16. The van der Waals surface area contributed by atoms with E-state index < -0.39 is 0 Å². The molecule has 1 heterocycles. The Morgan fingerprint density at radius 2 is 2.42 bits per heavy atom. The summed E-state index contributed by atoms with van der Waals surface area (Å²) in [6.07, 6.45) is 1.31. The van der Waals surface area contributed by atoms with Gasteiger partial charge in [-0.15, -0.1) is 0 Å². The fourth-order valence-electron chi connectivity index (χ4n) is 0.773. The van der Waals surface area contributed by atoms with Gasteiger partial charge in [-0.2, -0.15) is 0 Å². The molecular formula is C8H13N3O. The van der Waals surface area contributed by atoms with E-state index >= 15 is 0 Å². The second kappa shape index (κ2) is 4.01. The third-order valence-corrected chi connectivity index (χ3v) is 1.35. The number of nitrogens with zero attached hydrogens (tertiary/aromatic N) is 2. The Labute approximate surface area is 71.7 Å². The molecule has 0 amide bonds. The van der Waals surface area contributed by atoms with Crippen molar-refractivity contribution < 1.29 is 5.11 Å². The van der Waals surface area contributed by atoms with Crippen LogP contribution in [0.25, 0.3) is 0 Å². The highest BCUT2D eigenvalue weighted by molar-refractivity contribution is 5.24. The van der Waals surface area contributed by atoms with Crippen LogP contribution in [0.15, 0.2) is 12.3 Å². The first-order valence-electron chi connectivity index (χ1n) is 3.90. The highest BCUT2D eigenvalue weighted by Gasteiger charge is 1.97. The molecule has 1 aromatic rings. The van der Waals surface area contributed by atoms with Crippen LogP contribution in [0.4, 0.5) is 5.95 Å². The molecule has 0 spiro atoms. The van der Waals surface area contributed by atoms with Crippen LogP contribution >= 0.6 is 0 Å². The van der Waals surface area contributed by atoms with Gasteiger partial charge >= 0.3 is 0 Å². The monoisotopic (exact) mass is 167 g/mol. The van der Waals surface area contributed by atoms with E-state index in [0.29, 0.717) is 12.5 Å². The van der Waals surface area contributed by atoms with Gasteiger partial charge in [0.1, 0.15) is 0 Å². The van der Waals surface area contributed by atoms with Crippen molar-refractivity contribution >= 4 is 5.95 Å². The maximum absolute atomic E-state index is 8.96. The molecular weight excluding hydrogens is 154 g/mol. The van der Waals surface area contributed by atoms with Gasteiger partial charge in [0.05, 0.1) is 6.10 Å². The number of anilines is 1. The first-order chi connectivity index (χ1) is 5.68. The molecule has 0 radical (unpaired) electrons. The summed E-state index contributed by atoms with van der Waals surface area (Å²) in [6.45, 7) is 4.08. The lowest BCUT2D eigenvalue weighted by Crippen LogP contribution is -2.16. The lowest BCUT2D eigenvalue weighted by Gasteiger charge is -2.06. The van der Waals surface area contributed by atoms with Gasteiger partial charge in [-0.25, -0.2) is 9.97 Å². The van der Waals surface area contributed by atoms with Gasteiger partial charge in [0.2, 0.25) is 5.95 Å². The topological polar surface area (TPSA) is 58.0 Å². The van der Waals surface area contributed by atoms with Gasteiger partial charge in [-0.05, 0) is 19.9 Å². The number of aliphatic hydroxyl groups excluding tert-OH is 1. The molecule has 66 valence electrons. The third kappa shape index (κ3) is 2.84. The maximum atomic E-state index is 8.96. The number of aliphatic hydroxyl groups is 1.